The maximum Gasteiger partial charge on any atom is 0.160 e. The zero-order valence-electron chi connectivity index (χ0n) is 10.1. The molecule has 84 valence electrons. The van der Waals surface area contributed by atoms with Crippen molar-refractivity contribution in [1.82, 2.24) is 0 Å². The SMILES string of the molecule is CCC1O[C@@H](OC)C(C)[C@@H](C)[C@H]1CC. The van der Waals surface area contributed by atoms with Crippen LogP contribution in [0.3, 0.4) is 0 Å². The van der Waals surface area contributed by atoms with Crippen molar-refractivity contribution >= 4 is 0 Å². The van der Waals surface area contributed by atoms with Crippen LogP contribution in [0.2, 0.25) is 0 Å². The fourth-order valence-electron chi connectivity index (χ4n) is 2.68. The highest BCUT2D eigenvalue weighted by Crippen LogP contribution is 2.38. The zero-order valence-corrected chi connectivity index (χ0v) is 10.1. The Balaban J connectivity index is 2.71. The summed E-state index contributed by atoms with van der Waals surface area (Å²) in [5.41, 5.74) is 0. The van der Waals surface area contributed by atoms with E-state index in [-0.39, 0.29) is 6.29 Å². The molecule has 0 saturated carbocycles. The quantitative estimate of drug-likeness (QED) is 0.697. The van der Waals surface area contributed by atoms with Crippen LogP contribution in [-0.4, -0.2) is 19.5 Å². The Kier molecular flexibility index (Phi) is 4.39. The van der Waals surface area contributed by atoms with E-state index in [1.54, 1.807) is 7.11 Å². The van der Waals surface area contributed by atoms with Crippen LogP contribution in [-0.2, 0) is 9.47 Å². The summed E-state index contributed by atoms with van der Waals surface area (Å²) < 4.78 is 11.3. The minimum Gasteiger partial charge on any atom is -0.356 e. The van der Waals surface area contributed by atoms with Gasteiger partial charge >= 0.3 is 0 Å². The summed E-state index contributed by atoms with van der Waals surface area (Å²) >= 11 is 0. The molecule has 0 aromatic rings. The Morgan fingerprint density at radius 1 is 1.07 bits per heavy atom. The summed E-state index contributed by atoms with van der Waals surface area (Å²) in [5, 5.41) is 0. The van der Waals surface area contributed by atoms with Gasteiger partial charge in [-0.05, 0) is 18.3 Å². The molecule has 0 amide bonds. The van der Waals surface area contributed by atoms with E-state index in [0.29, 0.717) is 23.9 Å². The lowest BCUT2D eigenvalue weighted by molar-refractivity contribution is -0.240. The molecule has 0 aromatic carbocycles. The first-order chi connectivity index (χ1) is 6.65. The maximum atomic E-state index is 5.95. The molecular formula is C12H24O2. The van der Waals surface area contributed by atoms with Crippen molar-refractivity contribution < 1.29 is 9.47 Å². The van der Waals surface area contributed by atoms with Crippen LogP contribution in [0.15, 0.2) is 0 Å². The molecule has 5 atom stereocenters. The van der Waals surface area contributed by atoms with E-state index in [9.17, 15) is 0 Å². The average molecular weight is 200 g/mol. The van der Waals surface area contributed by atoms with Crippen LogP contribution in [0.5, 0.6) is 0 Å². The molecule has 1 heterocycles. The predicted octanol–water partition coefficient (Wildman–Crippen LogP) is 3.07. The van der Waals surface area contributed by atoms with Crippen LogP contribution in [0.1, 0.15) is 40.5 Å². The monoisotopic (exact) mass is 200 g/mol. The maximum absolute atomic E-state index is 5.95. The molecule has 2 nitrogen and oxygen atoms in total. The van der Waals surface area contributed by atoms with E-state index >= 15 is 0 Å². The predicted molar refractivity (Wildman–Crippen MR) is 58.1 cm³/mol. The number of methoxy groups -OCH3 is 1. The van der Waals surface area contributed by atoms with Gasteiger partial charge in [-0.3, -0.25) is 0 Å². The van der Waals surface area contributed by atoms with Gasteiger partial charge in [0.2, 0.25) is 0 Å². The van der Waals surface area contributed by atoms with E-state index in [4.69, 9.17) is 9.47 Å². The highest BCUT2D eigenvalue weighted by molar-refractivity contribution is 4.83. The van der Waals surface area contributed by atoms with E-state index in [1.165, 1.54) is 6.42 Å². The first kappa shape index (κ1) is 12.0. The van der Waals surface area contributed by atoms with Gasteiger partial charge in [0.05, 0.1) is 6.10 Å². The highest BCUT2D eigenvalue weighted by atomic mass is 16.7. The molecule has 0 spiro atoms. The van der Waals surface area contributed by atoms with Crippen LogP contribution in [0.4, 0.5) is 0 Å². The van der Waals surface area contributed by atoms with Crippen molar-refractivity contribution in [2.24, 2.45) is 17.8 Å². The second-order valence-electron chi connectivity index (χ2n) is 4.48. The van der Waals surface area contributed by atoms with Gasteiger partial charge in [0.25, 0.3) is 0 Å². The lowest BCUT2D eigenvalue weighted by Gasteiger charge is -2.44. The van der Waals surface area contributed by atoms with Crippen LogP contribution in [0.25, 0.3) is 0 Å². The molecule has 2 unspecified atom stereocenters. The number of hydrogen-bond acceptors (Lipinski definition) is 2. The summed E-state index contributed by atoms with van der Waals surface area (Å²) in [6.45, 7) is 9.01. The first-order valence-corrected chi connectivity index (χ1v) is 5.83. The standard InChI is InChI=1S/C12H24O2/c1-6-10-8(3)9(4)12(13-5)14-11(10)7-2/h8-12H,6-7H2,1-5H3/t8-,9?,10-,11?,12-/m1/s1. The van der Waals surface area contributed by atoms with Gasteiger partial charge in [-0.15, -0.1) is 0 Å². The van der Waals surface area contributed by atoms with E-state index in [1.807, 2.05) is 0 Å². The highest BCUT2D eigenvalue weighted by Gasteiger charge is 2.39. The van der Waals surface area contributed by atoms with E-state index in [0.717, 1.165) is 6.42 Å². The van der Waals surface area contributed by atoms with Crippen molar-refractivity contribution in [3.8, 4) is 0 Å². The first-order valence-electron chi connectivity index (χ1n) is 5.83. The largest absolute Gasteiger partial charge is 0.356 e. The Labute approximate surface area is 88.0 Å². The van der Waals surface area contributed by atoms with Crippen molar-refractivity contribution in [3.63, 3.8) is 0 Å². The summed E-state index contributed by atoms with van der Waals surface area (Å²) in [6.07, 6.45) is 2.68. The van der Waals surface area contributed by atoms with E-state index < -0.39 is 0 Å². The fraction of sp³-hybridized carbons (Fsp3) is 1.00. The second kappa shape index (κ2) is 5.13. The van der Waals surface area contributed by atoms with Crippen LogP contribution < -0.4 is 0 Å². The van der Waals surface area contributed by atoms with Gasteiger partial charge in [-0.25, -0.2) is 0 Å². The summed E-state index contributed by atoms with van der Waals surface area (Å²) in [4.78, 5) is 0. The van der Waals surface area contributed by atoms with Crippen molar-refractivity contribution in [2.45, 2.75) is 52.9 Å². The fourth-order valence-corrected chi connectivity index (χ4v) is 2.68. The average Bonchev–Trinajstić information content (AvgIpc) is 2.21. The summed E-state index contributed by atoms with van der Waals surface area (Å²) in [7, 11) is 1.74. The molecule has 0 bridgehead atoms. The molecule has 1 aliphatic rings. The molecule has 0 aliphatic carbocycles. The Morgan fingerprint density at radius 2 is 1.71 bits per heavy atom. The minimum absolute atomic E-state index is 0.00208. The van der Waals surface area contributed by atoms with Crippen LogP contribution >= 0.6 is 0 Å². The minimum atomic E-state index is -0.00208. The number of rotatable bonds is 3. The van der Waals surface area contributed by atoms with Gasteiger partial charge in [-0.1, -0.05) is 34.1 Å². The lowest BCUT2D eigenvalue weighted by atomic mass is 9.76. The topological polar surface area (TPSA) is 18.5 Å². The summed E-state index contributed by atoms with van der Waals surface area (Å²) in [5.74, 6) is 1.90. The molecular weight excluding hydrogens is 176 g/mol. The van der Waals surface area contributed by atoms with Gasteiger partial charge in [-0.2, -0.15) is 0 Å². The van der Waals surface area contributed by atoms with Crippen molar-refractivity contribution in [2.75, 3.05) is 7.11 Å². The van der Waals surface area contributed by atoms with Crippen LogP contribution in [0, 0.1) is 17.8 Å². The second-order valence-corrected chi connectivity index (χ2v) is 4.48. The van der Waals surface area contributed by atoms with E-state index in [2.05, 4.69) is 27.7 Å². The molecule has 0 aromatic heterocycles. The van der Waals surface area contributed by atoms with Gasteiger partial charge in [0.1, 0.15) is 0 Å². The number of hydrogen-bond donors (Lipinski definition) is 0. The Bertz CT molecular complexity index is 168. The molecule has 14 heavy (non-hydrogen) atoms. The molecule has 0 radical (unpaired) electrons. The molecule has 1 fully saturated rings. The molecule has 1 rings (SSSR count). The number of ether oxygens (including phenoxy) is 2. The van der Waals surface area contributed by atoms with Gasteiger partial charge in [0.15, 0.2) is 6.29 Å². The normalized spacial score (nSPS) is 43.9. The molecule has 1 saturated heterocycles. The van der Waals surface area contributed by atoms with Crippen molar-refractivity contribution in [3.05, 3.63) is 0 Å². The smallest absolute Gasteiger partial charge is 0.160 e. The third-order valence-corrected chi connectivity index (χ3v) is 3.83. The van der Waals surface area contributed by atoms with Gasteiger partial charge < -0.3 is 9.47 Å². The van der Waals surface area contributed by atoms with Crippen molar-refractivity contribution in [1.29, 1.82) is 0 Å². The third kappa shape index (κ3) is 2.12. The molecule has 2 heteroatoms. The van der Waals surface area contributed by atoms with Gasteiger partial charge in [0, 0.05) is 13.0 Å². The molecule has 0 N–H and O–H groups in total. The zero-order chi connectivity index (χ0) is 10.7. The summed E-state index contributed by atoms with van der Waals surface area (Å²) in [6, 6.07) is 0. The molecule has 1 aliphatic heterocycles. The Morgan fingerprint density at radius 3 is 2.14 bits per heavy atom. The Hall–Kier alpha value is -0.0800. The lowest BCUT2D eigenvalue weighted by Crippen LogP contribution is -2.46. The third-order valence-electron chi connectivity index (χ3n) is 3.83.